The molecule has 0 heterocycles. The summed E-state index contributed by atoms with van der Waals surface area (Å²) in [6.45, 7) is 0. The Labute approximate surface area is 111 Å². The Balaban J connectivity index is 2.86. The number of halogens is 3. The largest absolute Gasteiger partial charge is 0.523 e. The molecule has 1 aromatic carbocycles. The van der Waals surface area contributed by atoms with Crippen LogP contribution in [0, 0.1) is 0 Å². The van der Waals surface area contributed by atoms with Gasteiger partial charge in [0, 0.05) is 0 Å². The molecule has 1 rings (SSSR count). The molecule has 0 bridgehead atoms. The van der Waals surface area contributed by atoms with E-state index in [2.05, 4.69) is 3.63 Å². The van der Waals surface area contributed by atoms with Gasteiger partial charge in [-0.1, -0.05) is 30.3 Å². The van der Waals surface area contributed by atoms with Crippen LogP contribution >= 0.6 is 10.3 Å². The predicted molar refractivity (Wildman–Crippen MR) is 71.0 cm³/mol. The zero-order chi connectivity index (χ0) is 14.7. The SMILES string of the molecule is CS(C)(/C=C/c1ccccc1)OS(=O)(=O)C(F)(F)F. The van der Waals surface area contributed by atoms with E-state index in [0.29, 0.717) is 0 Å². The van der Waals surface area contributed by atoms with Crippen LogP contribution in [-0.2, 0) is 13.7 Å². The minimum atomic E-state index is -5.57. The van der Waals surface area contributed by atoms with E-state index in [4.69, 9.17) is 0 Å². The Hall–Kier alpha value is -0.990. The van der Waals surface area contributed by atoms with E-state index in [1.165, 1.54) is 24.0 Å². The molecule has 1 aromatic rings. The highest BCUT2D eigenvalue weighted by Gasteiger charge is 2.49. The lowest BCUT2D eigenvalue weighted by Gasteiger charge is -2.26. The molecule has 0 aromatic heterocycles. The van der Waals surface area contributed by atoms with Crippen molar-refractivity contribution in [2.75, 3.05) is 12.5 Å². The third-order valence-corrected chi connectivity index (χ3v) is 5.41. The van der Waals surface area contributed by atoms with E-state index in [1.807, 2.05) is 0 Å². The molecule has 0 fully saturated rings. The maximum Gasteiger partial charge on any atom is 0.523 e. The van der Waals surface area contributed by atoms with Gasteiger partial charge in [-0.25, -0.2) is 3.63 Å². The van der Waals surface area contributed by atoms with Crippen molar-refractivity contribution in [1.82, 2.24) is 0 Å². The molecule has 0 aliphatic rings. The molecule has 19 heavy (non-hydrogen) atoms. The Morgan fingerprint density at radius 1 is 1.11 bits per heavy atom. The van der Waals surface area contributed by atoms with Crippen molar-refractivity contribution in [2.45, 2.75) is 5.51 Å². The summed E-state index contributed by atoms with van der Waals surface area (Å²) in [6.07, 6.45) is 4.16. The fourth-order valence-electron chi connectivity index (χ4n) is 1.10. The number of rotatable bonds is 4. The first-order valence-corrected chi connectivity index (χ1v) is 8.87. The van der Waals surface area contributed by atoms with E-state index in [1.54, 1.807) is 30.3 Å². The van der Waals surface area contributed by atoms with Gasteiger partial charge in [-0.05, 0) is 29.6 Å². The summed E-state index contributed by atoms with van der Waals surface area (Å²) in [7, 11) is -8.08. The second-order valence-corrected chi connectivity index (χ2v) is 8.80. The number of alkyl halides is 3. The van der Waals surface area contributed by atoms with Gasteiger partial charge < -0.3 is 0 Å². The lowest BCUT2D eigenvalue weighted by molar-refractivity contribution is -0.0495. The molecule has 0 N–H and O–H groups in total. The molecular weight excluding hydrogens is 301 g/mol. The molecule has 0 radical (unpaired) electrons. The van der Waals surface area contributed by atoms with Crippen molar-refractivity contribution in [1.29, 1.82) is 0 Å². The first kappa shape index (κ1) is 16.1. The van der Waals surface area contributed by atoms with Gasteiger partial charge in [0.25, 0.3) is 0 Å². The maximum absolute atomic E-state index is 12.2. The zero-order valence-corrected chi connectivity index (χ0v) is 11.8. The van der Waals surface area contributed by atoms with Crippen molar-refractivity contribution in [2.24, 2.45) is 0 Å². The summed E-state index contributed by atoms with van der Waals surface area (Å²) in [5, 5.41) is 1.34. The number of hydrogen-bond donors (Lipinski definition) is 0. The van der Waals surface area contributed by atoms with Gasteiger partial charge in [0.05, 0.1) is 0 Å². The van der Waals surface area contributed by atoms with E-state index < -0.39 is 25.9 Å². The van der Waals surface area contributed by atoms with Crippen molar-refractivity contribution in [3.8, 4) is 0 Å². The molecule has 0 aliphatic carbocycles. The molecule has 0 atom stereocenters. The first-order valence-electron chi connectivity index (χ1n) is 5.02. The minimum Gasteiger partial charge on any atom is -0.210 e. The number of benzene rings is 1. The highest BCUT2D eigenvalue weighted by atomic mass is 32.3. The first-order chi connectivity index (χ1) is 8.54. The topological polar surface area (TPSA) is 43.4 Å². The lowest BCUT2D eigenvalue weighted by Crippen LogP contribution is -2.26. The van der Waals surface area contributed by atoms with Crippen LogP contribution in [0.25, 0.3) is 6.08 Å². The fraction of sp³-hybridized carbons (Fsp3) is 0.273. The summed E-state index contributed by atoms with van der Waals surface area (Å²) in [6, 6.07) is 8.79. The molecule has 0 saturated heterocycles. The monoisotopic (exact) mass is 314 g/mol. The smallest absolute Gasteiger partial charge is 0.210 e. The normalized spacial score (nSPS) is 14.8. The lowest BCUT2D eigenvalue weighted by atomic mass is 10.2. The van der Waals surface area contributed by atoms with Gasteiger partial charge in [-0.3, -0.25) is 0 Å². The van der Waals surface area contributed by atoms with Crippen molar-refractivity contribution in [3.63, 3.8) is 0 Å². The van der Waals surface area contributed by atoms with Gasteiger partial charge in [0.15, 0.2) is 0 Å². The van der Waals surface area contributed by atoms with Crippen LogP contribution in [0.15, 0.2) is 35.7 Å². The third-order valence-electron chi connectivity index (χ3n) is 1.94. The van der Waals surface area contributed by atoms with Crippen LogP contribution in [0.1, 0.15) is 5.56 Å². The molecular formula is C11H13F3O3S2. The summed E-state index contributed by atoms with van der Waals surface area (Å²) >= 11 is 0. The Morgan fingerprint density at radius 2 is 1.63 bits per heavy atom. The van der Waals surface area contributed by atoms with Gasteiger partial charge in [0.1, 0.15) is 0 Å². The van der Waals surface area contributed by atoms with E-state index in [0.717, 1.165) is 5.56 Å². The molecule has 0 spiro atoms. The fourth-order valence-corrected chi connectivity index (χ4v) is 3.92. The standard InChI is InChI=1S/C11H13F3O3S2/c1-18(2,17-19(15,16)11(12,13)14)9-8-10-6-4-3-5-7-10/h3-9H,1-2H3/b9-8+. The van der Waals surface area contributed by atoms with Crippen LogP contribution in [0.3, 0.4) is 0 Å². The van der Waals surface area contributed by atoms with Crippen molar-refractivity contribution < 1.29 is 25.2 Å². The minimum absolute atomic E-state index is 0.746. The Morgan fingerprint density at radius 3 is 2.11 bits per heavy atom. The number of hydrogen-bond acceptors (Lipinski definition) is 3. The average molecular weight is 314 g/mol. The highest BCUT2D eigenvalue weighted by molar-refractivity contribution is 8.34. The summed E-state index contributed by atoms with van der Waals surface area (Å²) in [5.41, 5.74) is -4.66. The maximum atomic E-state index is 12.2. The van der Waals surface area contributed by atoms with Gasteiger partial charge in [-0.2, -0.15) is 21.6 Å². The van der Waals surface area contributed by atoms with Crippen LogP contribution in [-0.4, -0.2) is 26.4 Å². The molecule has 8 heteroatoms. The Bertz CT molecular complexity index is 548. The van der Waals surface area contributed by atoms with Crippen LogP contribution in [0.2, 0.25) is 0 Å². The Kier molecular flexibility index (Phi) is 4.70. The summed E-state index contributed by atoms with van der Waals surface area (Å²) in [5.74, 6) is 0. The van der Waals surface area contributed by atoms with Crippen LogP contribution < -0.4 is 0 Å². The van der Waals surface area contributed by atoms with E-state index >= 15 is 0 Å². The molecule has 0 aliphatic heterocycles. The van der Waals surface area contributed by atoms with E-state index in [9.17, 15) is 21.6 Å². The van der Waals surface area contributed by atoms with Crippen LogP contribution in [0.5, 0.6) is 0 Å². The molecule has 0 saturated carbocycles. The second kappa shape index (κ2) is 5.56. The molecule has 3 nitrogen and oxygen atoms in total. The zero-order valence-electron chi connectivity index (χ0n) is 10.2. The molecule has 108 valence electrons. The summed E-state index contributed by atoms with van der Waals surface area (Å²) < 4.78 is 62.7. The highest BCUT2D eigenvalue weighted by Crippen LogP contribution is 2.47. The third kappa shape index (κ3) is 4.88. The summed E-state index contributed by atoms with van der Waals surface area (Å²) in [4.78, 5) is 0. The van der Waals surface area contributed by atoms with Gasteiger partial charge >= 0.3 is 15.6 Å². The van der Waals surface area contributed by atoms with Gasteiger partial charge in [-0.15, -0.1) is 10.3 Å². The van der Waals surface area contributed by atoms with Crippen LogP contribution in [0.4, 0.5) is 13.2 Å². The average Bonchev–Trinajstić information content (AvgIpc) is 2.25. The molecule has 0 amide bonds. The van der Waals surface area contributed by atoms with Crippen molar-refractivity contribution in [3.05, 3.63) is 41.3 Å². The predicted octanol–water partition coefficient (Wildman–Crippen LogP) is 3.50. The van der Waals surface area contributed by atoms with E-state index in [-0.39, 0.29) is 0 Å². The van der Waals surface area contributed by atoms with Gasteiger partial charge in [0.2, 0.25) is 0 Å². The molecule has 0 unspecified atom stereocenters. The van der Waals surface area contributed by atoms with Crippen molar-refractivity contribution >= 4 is 26.5 Å². The second-order valence-electron chi connectivity index (χ2n) is 3.99. The quantitative estimate of drug-likeness (QED) is 0.799.